The maximum atomic E-state index is 9.96. The third kappa shape index (κ3) is 2.77. The second-order valence-electron chi connectivity index (χ2n) is 6.65. The van der Waals surface area contributed by atoms with Gasteiger partial charge in [0.2, 0.25) is 0 Å². The van der Waals surface area contributed by atoms with Gasteiger partial charge in [0.05, 0.1) is 12.1 Å². The predicted molar refractivity (Wildman–Crippen MR) is 84.7 cm³/mol. The summed E-state index contributed by atoms with van der Waals surface area (Å²) in [6.07, 6.45) is 5.14. The first-order chi connectivity index (χ1) is 9.60. The third-order valence-corrected chi connectivity index (χ3v) is 5.01. The molecule has 1 heterocycles. The average Bonchev–Trinajstić information content (AvgIpc) is 2.44. The molecule has 0 saturated carbocycles. The average molecular weight is 275 g/mol. The van der Waals surface area contributed by atoms with Crippen molar-refractivity contribution >= 4 is 0 Å². The van der Waals surface area contributed by atoms with Gasteiger partial charge in [-0.3, -0.25) is 4.90 Å². The van der Waals surface area contributed by atoms with Crippen molar-refractivity contribution in [2.45, 2.75) is 52.0 Å². The molecule has 1 atom stereocenters. The molecule has 1 aliphatic heterocycles. The lowest BCUT2D eigenvalue weighted by Gasteiger charge is -2.57. The zero-order valence-electron chi connectivity index (χ0n) is 13.2. The highest BCUT2D eigenvalue weighted by atomic mass is 16.3. The van der Waals surface area contributed by atoms with Crippen LogP contribution in [0.15, 0.2) is 30.3 Å². The van der Waals surface area contributed by atoms with Crippen LogP contribution in [0.2, 0.25) is 0 Å². The minimum atomic E-state index is -0.230. The van der Waals surface area contributed by atoms with Crippen LogP contribution in [-0.4, -0.2) is 29.7 Å². The van der Waals surface area contributed by atoms with Crippen LogP contribution in [0.3, 0.4) is 0 Å². The molecule has 2 heteroatoms. The van der Waals surface area contributed by atoms with E-state index in [9.17, 15) is 5.11 Å². The molecule has 1 aromatic carbocycles. The van der Waals surface area contributed by atoms with Gasteiger partial charge in [-0.2, -0.15) is 0 Å². The van der Waals surface area contributed by atoms with Crippen LogP contribution in [0.25, 0.3) is 0 Å². The zero-order chi connectivity index (χ0) is 14.6. The summed E-state index contributed by atoms with van der Waals surface area (Å²) < 4.78 is 0. The number of nitrogens with zero attached hydrogens (tertiary/aromatic N) is 1. The van der Waals surface area contributed by atoms with Gasteiger partial charge in [-0.15, -0.1) is 0 Å². The summed E-state index contributed by atoms with van der Waals surface area (Å²) in [5.74, 6) is 0. The Bertz CT molecular complexity index is 403. The number of hydrogen-bond donors (Lipinski definition) is 1. The molecule has 0 radical (unpaired) electrons. The van der Waals surface area contributed by atoms with Crippen molar-refractivity contribution in [2.75, 3.05) is 19.7 Å². The summed E-state index contributed by atoms with van der Waals surface area (Å²) in [5.41, 5.74) is 1.49. The molecule has 112 valence electrons. The molecule has 1 fully saturated rings. The molecule has 20 heavy (non-hydrogen) atoms. The second kappa shape index (κ2) is 6.28. The summed E-state index contributed by atoms with van der Waals surface area (Å²) in [4.78, 5) is 2.47. The summed E-state index contributed by atoms with van der Waals surface area (Å²) in [6.45, 7) is 9.17. The van der Waals surface area contributed by atoms with Crippen LogP contribution in [0, 0.1) is 5.41 Å². The molecular weight excluding hydrogens is 246 g/mol. The summed E-state index contributed by atoms with van der Waals surface area (Å²) in [5, 5.41) is 9.96. The maximum Gasteiger partial charge on any atom is 0.0665 e. The largest absolute Gasteiger partial charge is 0.394 e. The standard InChI is InChI=1S/C18H29NO/c1-4-11-18(12-5-2)13-19(14-18)17(3,15-20)16-9-7-6-8-10-16/h6-10,20H,4-5,11-15H2,1-3H3. The first-order valence-electron chi connectivity index (χ1n) is 8.01. The molecule has 0 amide bonds. The predicted octanol–water partition coefficient (Wildman–Crippen LogP) is 3.80. The molecular formula is C18H29NO. The SMILES string of the molecule is CCCC1(CCC)CN(C(C)(CO)c2ccccc2)C1. The van der Waals surface area contributed by atoms with Crippen LogP contribution >= 0.6 is 0 Å². The number of aliphatic hydroxyl groups excluding tert-OH is 1. The Morgan fingerprint density at radius 1 is 1.10 bits per heavy atom. The van der Waals surface area contributed by atoms with Crippen molar-refractivity contribution in [3.63, 3.8) is 0 Å². The lowest BCUT2D eigenvalue weighted by Crippen LogP contribution is -2.64. The van der Waals surface area contributed by atoms with Crippen molar-refractivity contribution in [3.8, 4) is 0 Å². The number of benzene rings is 1. The highest BCUT2D eigenvalue weighted by Gasteiger charge is 2.48. The highest BCUT2D eigenvalue weighted by molar-refractivity contribution is 5.25. The van der Waals surface area contributed by atoms with E-state index in [1.807, 2.05) is 6.07 Å². The van der Waals surface area contributed by atoms with Crippen molar-refractivity contribution in [2.24, 2.45) is 5.41 Å². The molecule has 2 rings (SSSR count). The van der Waals surface area contributed by atoms with Crippen molar-refractivity contribution in [1.29, 1.82) is 0 Å². The number of hydrogen-bond acceptors (Lipinski definition) is 2. The maximum absolute atomic E-state index is 9.96. The molecule has 2 nitrogen and oxygen atoms in total. The van der Waals surface area contributed by atoms with E-state index in [2.05, 4.69) is 49.9 Å². The van der Waals surface area contributed by atoms with E-state index in [0.29, 0.717) is 5.41 Å². The first-order valence-corrected chi connectivity index (χ1v) is 8.01. The van der Waals surface area contributed by atoms with Gasteiger partial charge in [0.25, 0.3) is 0 Å². The smallest absolute Gasteiger partial charge is 0.0665 e. The van der Waals surface area contributed by atoms with Gasteiger partial charge >= 0.3 is 0 Å². The topological polar surface area (TPSA) is 23.5 Å². The molecule has 0 aliphatic carbocycles. The van der Waals surface area contributed by atoms with Crippen LogP contribution in [0.1, 0.15) is 52.0 Å². The number of likely N-dealkylation sites (tertiary alicyclic amines) is 1. The van der Waals surface area contributed by atoms with Gasteiger partial charge in [0.1, 0.15) is 0 Å². The van der Waals surface area contributed by atoms with Crippen LogP contribution < -0.4 is 0 Å². The summed E-state index contributed by atoms with van der Waals surface area (Å²) >= 11 is 0. The molecule has 1 unspecified atom stereocenters. The van der Waals surface area contributed by atoms with Crippen LogP contribution in [0.4, 0.5) is 0 Å². The Morgan fingerprint density at radius 2 is 1.65 bits per heavy atom. The lowest BCUT2D eigenvalue weighted by atomic mass is 9.69. The monoisotopic (exact) mass is 275 g/mol. The molecule has 1 N–H and O–H groups in total. The van der Waals surface area contributed by atoms with Crippen LogP contribution in [0.5, 0.6) is 0 Å². The van der Waals surface area contributed by atoms with Gasteiger partial charge < -0.3 is 5.11 Å². The van der Waals surface area contributed by atoms with E-state index >= 15 is 0 Å². The van der Waals surface area contributed by atoms with Gasteiger partial charge in [0.15, 0.2) is 0 Å². The van der Waals surface area contributed by atoms with E-state index in [-0.39, 0.29) is 12.1 Å². The van der Waals surface area contributed by atoms with Gasteiger partial charge in [-0.1, -0.05) is 57.0 Å². The fourth-order valence-electron chi connectivity index (χ4n) is 3.79. The lowest BCUT2D eigenvalue weighted by molar-refractivity contribution is -0.102. The van der Waals surface area contributed by atoms with E-state index < -0.39 is 0 Å². The Balaban J connectivity index is 2.12. The summed E-state index contributed by atoms with van der Waals surface area (Å²) in [6, 6.07) is 10.4. The fourth-order valence-corrected chi connectivity index (χ4v) is 3.79. The van der Waals surface area contributed by atoms with Gasteiger partial charge in [-0.25, -0.2) is 0 Å². The molecule has 0 spiro atoms. The van der Waals surface area contributed by atoms with Crippen molar-refractivity contribution < 1.29 is 5.11 Å². The summed E-state index contributed by atoms with van der Waals surface area (Å²) in [7, 11) is 0. The van der Waals surface area contributed by atoms with Crippen molar-refractivity contribution in [1.82, 2.24) is 4.90 Å². The molecule has 1 saturated heterocycles. The minimum absolute atomic E-state index is 0.186. The van der Waals surface area contributed by atoms with E-state index in [1.165, 1.54) is 31.2 Å². The molecule has 1 aromatic rings. The second-order valence-corrected chi connectivity index (χ2v) is 6.65. The Labute approximate surface area is 123 Å². The Kier molecular flexibility index (Phi) is 4.87. The highest BCUT2D eigenvalue weighted by Crippen LogP contribution is 2.45. The molecule has 1 aliphatic rings. The van der Waals surface area contributed by atoms with Crippen molar-refractivity contribution in [3.05, 3.63) is 35.9 Å². The fraction of sp³-hybridized carbons (Fsp3) is 0.667. The molecule has 0 bridgehead atoms. The minimum Gasteiger partial charge on any atom is -0.394 e. The van der Waals surface area contributed by atoms with Gasteiger partial charge in [0, 0.05) is 13.1 Å². The number of aliphatic hydroxyl groups is 1. The van der Waals surface area contributed by atoms with Crippen LogP contribution in [-0.2, 0) is 5.54 Å². The Hall–Kier alpha value is -0.860. The normalized spacial score (nSPS) is 21.2. The quantitative estimate of drug-likeness (QED) is 0.818. The number of rotatable bonds is 7. The zero-order valence-corrected chi connectivity index (χ0v) is 13.2. The molecule has 0 aromatic heterocycles. The van der Waals surface area contributed by atoms with E-state index in [1.54, 1.807) is 0 Å². The Morgan fingerprint density at radius 3 is 2.10 bits per heavy atom. The van der Waals surface area contributed by atoms with Gasteiger partial charge in [-0.05, 0) is 30.7 Å². The first kappa shape index (κ1) is 15.5. The third-order valence-electron chi connectivity index (χ3n) is 5.01. The van der Waals surface area contributed by atoms with E-state index in [4.69, 9.17) is 0 Å². The van der Waals surface area contributed by atoms with E-state index in [0.717, 1.165) is 13.1 Å².